The van der Waals surface area contributed by atoms with Crippen LogP contribution in [0.4, 0.5) is 8.78 Å². The van der Waals surface area contributed by atoms with Crippen molar-refractivity contribution in [2.75, 3.05) is 13.1 Å². The Morgan fingerprint density at radius 2 is 2.07 bits per heavy atom. The van der Waals surface area contributed by atoms with Crippen LogP contribution in [0.3, 0.4) is 0 Å². The molecule has 2 rings (SSSR count). The average Bonchev–Trinajstić information content (AvgIpc) is 2.05. The number of hydrogen-bond acceptors (Lipinski definition) is 3. The van der Waals surface area contributed by atoms with Gasteiger partial charge in [-0.25, -0.2) is 8.78 Å². The summed E-state index contributed by atoms with van der Waals surface area (Å²) in [6.07, 6.45) is -0.123. The highest BCUT2D eigenvalue weighted by Gasteiger charge is 2.21. The van der Waals surface area contributed by atoms with Gasteiger partial charge in [-0.1, -0.05) is 0 Å². The lowest BCUT2D eigenvalue weighted by Gasteiger charge is -2.28. The lowest BCUT2D eigenvalue weighted by atomic mass is 10.2. The van der Waals surface area contributed by atoms with Crippen LogP contribution >= 0.6 is 0 Å². The highest BCUT2D eigenvalue weighted by molar-refractivity contribution is 5.40. The van der Waals surface area contributed by atoms with Crippen molar-refractivity contribution in [2.24, 2.45) is 0 Å². The first-order chi connectivity index (χ1) is 6.66. The van der Waals surface area contributed by atoms with E-state index in [2.05, 4.69) is 5.32 Å². The molecule has 76 valence electrons. The lowest BCUT2D eigenvalue weighted by Crippen LogP contribution is -2.50. The van der Waals surface area contributed by atoms with Gasteiger partial charge >= 0.3 is 0 Å². The molecule has 0 amide bonds. The normalized spacial score (nSPS) is 16.4. The molecule has 3 nitrogen and oxygen atoms in total. The van der Waals surface area contributed by atoms with E-state index in [1.54, 1.807) is 0 Å². The highest BCUT2D eigenvalue weighted by atomic mass is 19.1. The number of rotatable bonds is 2. The number of halogens is 2. The Bertz CT molecular complexity index is 353. The molecule has 0 atom stereocenters. The predicted molar refractivity (Wildman–Crippen MR) is 45.3 cm³/mol. The van der Waals surface area contributed by atoms with Gasteiger partial charge in [0, 0.05) is 25.2 Å². The molecule has 0 radical (unpaired) electrons. The van der Waals surface area contributed by atoms with Crippen LogP contribution in [0, 0.1) is 11.6 Å². The molecule has 1 saturated heterocycles. The van der Waals surface area contributed by atoms with Crippen molar-refractivity contribution < 1.29 is 18.6 Å². The van der Waals surface area contributed by atoms with Crippen molar-refractivity contribution in [2.45, 2.75) is 6.10 Å². The Hall–Kier alpha value is -1.36. The molecule has 1 aliphatic rings. The summed E-state index contributed by atoms with van der Waals surface area (Å²) in [5, 5.41) is 12.1. The molecule has 1 aliphatic heterocycles. The molecule has 1 fully saturated rings. The Morgan fingerprint density at radius 1 is 1.36 bits per heavy atom. The first-order valence-corrected chi connectivity index (χ1v) is 4.22. The summed E-state index contributed by atoms with van der Waals surface area (Å²) < 4.78 is 30.7. The fourth-order valence-electron chi connectivity index (χ4n) is 1.16. The van der Waals surface area contributed by atoms with E-state index in [4.69, 9.17) is 4.74 Å². The molecule has 0 aliphatic carbocycles. The van der Waals surface area contributed by atoms with E-state index in [1.807, 2.05) is 0 Å². The minimum absolute atomic E-state index is 0.123. The van der Waals surface area contributed by atoms with Crippen LogP contribution in [0.15, 0.2) is 12.1 Å². The zero-order chi connectivity index (χ0) is 10.1. The van der Waals surface area contributed by atoms with Crippen molar-refractivity contribution in [1.82, 2.24) is 5.32 Å². The van der Waals surface area contributed by atoms with Crippen molar-refractivity contribution >= 4 is 0 Å². The summed E-state index contributed by atoms with van der Waals surface area (Å²) in [4.78, 5) is 0. The smallest absolute Gasteiger partial charge is 0.194 e. The third kappa shape index (κ3) is 1.63. The predicted octanol–water partition coefficient (Wildman–Crippen LogP) is 1.02. The Balaban J connectivity index is 2.22. The van der Waals surface area contributed by atoms with E-state index in [0.29, 0.717) is 19.2 Å². The monoisotopic (exact) mass is 201 g/mol. The van der Waals surface area contributed by atoms with Gasteiger partial charge in [0.2, 0.25) is 0 Å². The third-order valence-electron chi connectivity index (χ3n) is 2.03. The van der Waals surface area contributed by atoms with Crippen molar-refractivity contribution in [3.05, 3.63) is 23.8 Å². The number of phenolic OH excluding ortho intramolecular Hbond substituents is 1. The lowest BCUT2D eigenvalue weighted by molar-refractivity contribution is 0.136. The Morgan fingerprint density at radius 3 is 2.64 bits per heavy atom. The Labute approximate surface area is 79.3 Å². The second-order valence-corrected chi connectivity index (χ2v) is 3.13. The average molecular weight is 201 g/mol. The van der Waals surface area contributed by atoms with Crippen molar-refractivity contribution in [3.63, 3.8) is 0 Å². The minimum atomic E-state index is -1.01. The van der Waals surface area contributed by atoms with Crippen LogP contribution in [-0.4, -0.2) is 24.3 Å². The maximum atomic E-state index is 12.8. The molecule has 5 heteroatoms. The summed E-state index contributed by atoms with van der Waals surface area (Å²) in [5.41, 5.74) is 0. The summed E-state index contributed by atoms with van der Waals surface area (Å²) in [6.45, 7) is 1.25. The fraction of sp³-hybridized carbons (Fsp3) is 0.333. The summed E-state index contributed by atoms with van der Waals surface area (Å²) in [7, 11) is 0. The van der Waals surface area contributed by atoms with Crippen LogP contribution in [0.2, 0.25) is 0 Å². The standard InChI is InChI=1S/C9H9F2NO2/c10-5-1-7(11)9(13)8(2-5)14-6-3-12-4-6/h1-2,6,12-13H,3-4H2. The second kappa shape index (κ2) is 3.42. The number of aromatic hydroxyl groups is 1. The Kier molecular flexibility index (Phi) is 2.25. The van der Waals surface area contributed by atoms with E-state index in [0.717, 1.165) is 6.07 Å². The maximum absolute atomic E-state index is 12.8. The van der Waals surface area contributed by atoms with Crippen LogP contribution in [-0.2, 0) is 0 Å². The summed E-state index contributed by atoms with van der Waals surface area (Å²) in [5.74, 6) is -2.55. The topological polar surface area (TPSA) is 41.5 Å². The molecular weight excluding hydrogens is 192 g/mol. The molecule has 2 N–H and O–H groups in total. The maximum Gasteiger partial charge on any atom is 0.194 e. The number of hydrogen-bond donors (Lipinski definition) is 2. The van der Waals surface area contributed by atoms with E-state index in [9.17, 15) is 13.9 Å². The zero-order valence-electron chi connectivity index (χ0n) is 7.26. The van der Waals surface area contributed by atoms with Gasteiger partial charge in [0.1, 0.15) is 11.9 Å². The summed E-state index contributed by atoms with van der Waals surface area (Å²) in [6, 6.07) is 1.58. The van der Waals surface area contributed by atoms with Gasteiger partial charge in [-0.3, -0.25) is 0 Å². The SMILES string of the molecule is Oc1c(F)cc(F)cc1OC1CNC1. The number of ether oxygens (including phenoxy) is 1. The highest BCUT2D eigenvalue weighted by Crippen LogP contribution is 2.30. The van der Waals surface area contributed by atoms with Gasteiger partial charge in [-0.05, 0) is 0 Å². The van der Waals surface area contributed by atoms with Gasteiger partial charge in [0.25, 0.3) is 0 Å². The molecule has 1 heterocycles. The van der Waals surface area contributed by atoms with Gasteiger partial charge in [0.05, 0.1) is 0 Å². The molecule has 0 spiro atoms. The molecule has 1 aromatic rings. The van der Waals surface area contributed by atoms with E-state index < -0.39 is 17.4 Å². The van der Waals surface area contributed by atoms with Crippen LogP contribution in [0.25, 0.3) is 0 Å². The van der Waals surface area contributed by atoms with E-state index in [-0.39, 0.29) is 11.9 Å². The van der Waals surface area contributed by atoms with Crippen LogP contribution in [0.1, 0.15) is 0 Å². The van der Waals surface area contributed by atoms with E-state index >= 15 is 0 Å². The molecule has 0 saturated carbocycles. The van der Waals surface area contributed by atoms with Crippen molar-refractivity contribution in [1.29, 1.82) is 0 Å². The fourth-order valence-corrected chi connectivity index (χ4v) is 1.16. The largest absolute Gasteiger partial charge is 0.502 e. The van der Waals surface area contributed by atoms with E-state index in [1.165, 1.54) is 0 Å². The first kappa shape index (κ1) is 9.21. The second-order valence-electron chi connectivity index (χ2n) is 3.13. The molecule has 0 bridgehead atoms. The van der Waals surface area contributed by atoms with Crippen LogP contribution in [0.5, 0.6) is 11.5 Å². The van der Waals surface area contributed by atoms with Gasteiger partial charge in [-0.2, -0.15) is 0 Å². The zero-order valence-corrected chi connectivity index (χ0v) is 7.26. The minimum Gasteiger partial charge on any atom is -0.502 e. The van der Waals surface area contributed by atoms with Gasteiger partial charge in [0.15, 0.2) is 17.3 Å². The molecule has 1 aromatic carbocycles. The first-order valence-electron chi connectivity index (χ1n) is 4.22. The molecule has 0 aromatic heterocycles. The summed E-state index contributed by atoms with van der Waals surface area (Å²) >= 11 is 0. The molecular formula is C9H9F2NO2. The third-order valence-corrected chi connectivity index (χ3v) is 2.03. The van der Waals surface area contributed by atoms with Crippen molar-refractivity contribution in [3.8, 4) is 11.5 Å². The molecule has 14 heavy (non-hydrogen) atoms. The van der Waals surface area contributed by atoms with Gasteiger partial charge < -0.3 is 15.2 Å². The van der Waals surface area contributed by atoms with Crippen LogP contribution < -0.4 is 10.1 Å². The number of phenols is 1. The number of nitrogens with one attached hydrogen (secondary N) is 1. The number of benzene rings is 1. The molecule has 0 unspecified atom stereocenters. The quantitative estimate of drug-likeness (QED) is 0.750. The van der Waals surface area contributed by atoms with Gasteiger partial charge in [-0.15, -0.1) is 0 Å².